The summed E-state index contributed by atoms with van der Waals surface area (Å²) in [6.45, 7) is 2.06. The van der Waals surface area contributed by atoms with Gasteiger partial charge in [-0.1, -0.05) is 6.42 Å². The van der Waals surface area contributed by atoms with Gasteiger partial charge in [-0.05, 0) is 48.0 Å². The molecule has 2 fully saturated rings. The molecule has 1 saturated heterocycles. The van der Waals surface area contributed by atoms with Crippen LogP contribution in [0.4, 0.5) is 0 Å². The van der Waals surface area contributed by atoms with E-state index in [4.69, 9.17) is 0 Å². The Hall–Kier alpha value is 0.1000. The number of rotatable bonds is 1. The van der Waals surface area contributed by atoms with E-state index in [1.807, 2.05) is 0 Å². The summed E-state index contributed by atoms with van der Waals surface area (Å²) in [6, 6.07) is 4.16. The molecule has 1 aliphatic heterocycles. The van der Waals surface area contributed by atoms with Gasteiger partial charge in [0.1, 0.15) is 5.60 Å². The number of nitrogens with zero attached hydrogens (tertiary/aromatic N) is 1. The molecule has 1 saturated carbocycles. The summed E-state index contributed by atoms with van der Waals surface area (Å²) >= 11 is 5.21. The molecule has 3 atom stereocenters. The van der Waals surface area contributed by atoms with Gasteiger partial charge in [-0.15, -0.1) is 11.3 Å². The normalized spacial score (nSPS) is 38.3. The molecule has 2 nitrogen and oxygen atoms in total. The average Bonchev–Trinajstić information content (AvgIpc) is 2.68. The summed E-state index contributed by atoms with van der Waals surface area (Å²) in [6.07, 6.45) is 3.59. The average molecular weight is 316 g/mol. The van der Waals surface area contributed by atoms with Crippen LogP contribution in [0.5, 0.6) is 0 Å². The van der Waals surface area contributed by atoms with Crippen LogP contribution in [0.15, 0.2) is 15.9 Å². The van der Waals surface area contributed by atoms with Crippen molar-refractivity contribution >= 4 is 27.3 Å². The SMILES string of the molecule is CN1C[C@H]2CCC[C@@H](C1)[C@]2(O)c1ccc(Br)s1. The van der Waals surface area contributed by atoms with Gasteiger partial charge in [0.05, 0.1) is 3.79 Å². The monoisotopic (exact) mass is 315 g/mol. The van der Waals surface area contributed by atoms with Gasteiger partial charge in [-0.2, -0.15) is 0 Å². The Bertz CT molecular complexity index is 405. The third-order valence-corrected chi connectivity index (χ3v) is 6.15. The Kier molecular flexibility index (Phi) is 3.10. The first-order chi connectivity index (χ1) is 8.10. The van der Waals surface area contributed by atoms with Gasteiger partial charge in [0, 0.05) is 29.8 Å². The maximum atomic E-state index is 11.2. The summed E-state index contributed by atoms with van der Waals surface area (Å²) in [5.74, 6) is 0.816. The fourth-order valence-corrected chi connectivity index (χ4v) is 5.24. The number of likely N-dealkylation sites (tertiary alicyclic amines) is 1. The highest BCUT2D eigenvalue weighted by molar-refractivity contribution is 9.11. The predicted octanol–water partition coefficient (Wildman–Crippen LogP) is 3.06. The van der Waals surface area contributed by atoms with Crippen LogP contribution in [-0.4, -0.2) is 30.1 Å². The fourth-order valence-electron chi connectivity index (χ4n) is 3.60. The molecule has 0 spiro atoms. The van der Waals surface area contributed by atoms with Gasteiger partial charge in [0.25, 0.3) is 0 Å². The van der Waals surface area contributed by atoms with Gasteiger partial charge in [0.2, 0.25) is 0 Å². The van der Waals surface area contributed by atoms with E-state index in [1.165, 1.54) is 6.42 Å². The Morgan fingerprint density at radius 2 is 2.00 bits per heavy atom. The summed E-state index contributed by atoms with van der Waals surface area (Å²) < 4.78 is 1.12. The fraction of sp³-hybridized carbons (Fsp3) is 0.692. The van der Waals surface area contributed by atoms with Crippen LogP contribution >= 0.6 is 27.3 Å². The van der Waals surface area contributed by atoms with E-state index in [-0.39, 0.29) is 0 Å². The van der Waals surface area contributed by atoms with Crippen molar-refractivity contribution in [2.45, 2.75) is 24.9 Å². The van der Waals surface area contributed by atoms with E-state index in [2.05, 4.69) is 40.0 Å². The molecule has 2 aliphatic rings. The third kappa shape index (κ3) is 1.89. The second-order valence-electron chi connectivity index (χ2n) is 5.48. The molecule has 0 radical (unpaired) electrons. The third-order valence-electron chi connectivity index (χ3n) is 4.38. The van der Waals surface area contributed by atoms with Crippen LogP contribution < -0.4 is 0 Å². The van der Waals surface area contributed by atoms with E-state index in [0.717, 1.165) is 34.6 Å². The molecule has 1 N–H and O–H groups in total. The maximum absolute atomic E-state index is 11.2. The van der Waals surface area contributed by atoms with Crippen LogP contribution in [-0.2, 0) is 5.60 Å². The van der Waals surface area contributed by atoms with Crippen LogP contribution in [0.3, 0.4) is 0 Å². The van der Waals surface area contributed by atoms with Crippen LogP contribution in [0.25, 0.3) is 0 Å². The van der Waals surface area contributed by atoms with E-state index in [1.54, 1.807) is 11.3 Å². The van der Waals surface area contributed by atoms with Crippen LogP contribution in [0.1, 0.15) is 24.1 Å². The van der Waals surface area contributed by atoms with Gasteiger partial charge in [-0.3, -0.25) is 0 Å². The van der Waals surface area contributed by atoms with Crippen molar-refractivity contribution < 1.29 is 5.11 Å². The molecular formula is C13H18BrNOS. The summed E-state index contributed by atoms with van der Waals surface area (Å²) in [5.41, 5.74) is -0.568. The van der Waals surface area contributed by atoms with Gasteiger partial charge < -0.3 is 10.0 Å². The second-order valence-corrected chi connectivity index (χ2v) is 7.94. The summed E-state index contributed by atoms with van der Waals surface area (Å²) in [7, 11) is 2.18. The Labute approximate surface area is 115 Å². The van der Waals surface area contributed by atoms with Crippen molar-refractivity contribution in [2.75, 3.05) is 20.1 Å². The smallest absolute Gasteiger partial charge is 0.107 e. The number of aliphatic hydroxyl groups is 1. The van der Waals surface area contributed by atoms with E-state index < -0.39 is 5.60 Å². The lowest BCUT2D eigenvalue weighted by molar-refractivity contribution is -0.140. The molecule has 94 valence electrons. The maximum Gasteiger partial charge on any atom is 0.107 e. The molecule has 1 aromatic heterocycles. The Balaban J connectivity index is 2.00. The Morgan fingerprint density at radius 1 is 1.35 bits per heavy atom. The number of piperidine rings is 1. The number of halogens is 1. The van der Waals surface area contributed by atoms with Gasteiger partial charge in [-0.25, -0.2) is 0 Å². The quantitative estimate of drug-likeness (QED) is 0.861. The van der Waals surface area contributed by atoms with E-state index in [0.29, 0.717) is 11.8 Å². The highest BCUT2D eigenvalue weighted by Crippen LogP contribution is 2.50. The second kappa shape index (κ2) is 4.34. The zero-order valence-electron chi connectivity index (χ0n) is 10.0. The molecule has 0 aromatic carbocycles. The van der Waals surface area contributed by atoms with E-state index in [9.17, 15) is 5.11 Å². The van der Waals surface area contributed by atoms with Gasteiger partial charge >= 0.3 is 0 Å². The van der Waals surface area contributed by atoms with Gasteiger partial charge in [0.15, 0.2) is 0 Å². The van der Waals surface area contributed by atoms with Crippen LogP contribution in [0, 0.1) is 11.8 Å². The highest BCUT2D eigenvalue weighted by Gasteiger charge is 2.51. The first kappa shape index (κ1) is 12.2. The lowest BCUT2D eigenvalue weighted by Crippen LogP contribution is -2.56. The number of hydrogen-bond acceptors (Lipinski definition) is 3. The number of hydrogen-bond donors (Lipinski definition) is 1. The predicted molar refractivity (Wildman–Crippen MR) is 74.2 cm³/mol. The highest BCUT2D eigenvalue weighted by atomic mass is 79.9. The molecule has 2 bridgehead atoms. The van der Waals surface area contributed by atoms with Crippen molar-refractivity contribution in [3.8, 4) is 0 Å². The zero-order valence-corrected chi connectivity index (χ0v) is 12.4. The molecule has 2 heterocycles. The Morgan fingerprint density at radius 3 is 2.53 bits per heavy atom. The minimum Gasteiger partial charge on any atom is -0.384 e. The first-order valence-electron chi connectivity index (χ1n) is 6.27. The molecule has 1 aromatic rings. The molecular weight excluding hydrogens is 298 g/mol. The topological polar surface area (TPSA) is 23.5 Å². The standard InChI is InChI=1S/C13H18BrNOS/c1-15-7-9-3-2-4-10(8-15)13(9,16)11-5-6-12(14)17-11/h5-6,9-10,16H,2-4,7-8H2,1H3/t9-,10+,13+. The lowest BCUT2D eigenvalue weighted by atomic mass is 9.65. The minimum absolute atomic E-state index is 0.408. The number of fused-ring (bicyclic) bond motifs is 2. The zero-order chi connectivity index (χ0) is 12.0. The summed E-state index contributed by atoms with van der Waals surface area (Å²) in [5, 5.41) is 11.2. The number of thiophene rings is 1. The largest absolute Gasteiger partial charge is 0.384 e. The van der Waals surface area contributed by atoms with Crippen molar-refractivity contribution in [2.24, 2.45) is 11.8 Å². The first-order valence-corrected chi connectivity index (χ1v) is 7.88. The summed E-state index contributed by atoms with van der Waals surface area (Å²) in [4.78, 5) is 3.54. The lowest BCUT2D eigenvalue weighted by Gasteiger charge is -2.52. The minimum atomic E-state index is -0.568. The molecule has 17 heavy (non-hydrogen) atoms. The van der Waals surface area contributed by atoms with E-state index >= 15 is 0 Å². The molecule has 1 aliphatic carbocycles. The molecule has 0 unspecified atom stereocenters. The molecule has 0 amide bonds. The molecule has 4 heteroatoms. The van der Waals surface area contributed by atoms with Crippen molar-refractivity contribution in [3.05, 3.63) is 20.8 Å². The van der Waals surface area contributed by atoms with Crippen molar-refractivity contribution in [3.63, 3.8) is 0 Å². The van der Waals surface area contributed by atoms with Crippen molar-refractivity contribution in [1.82, 2.24) is 4.90 Å². The van der Waals surface area contributed by atoms with Crippen LogP contribution in [0.2, 0.25) is 0 Å². The molecule has 3 rings (SSSR count). The van der Waals surface area contributed by atoms with Crippen molar-refractivity contribution in [1.29, 1.82) is 0 Å².